The van der Waals surface area contributed by atoms with Gasteiger partial charge in [0.25, 0.3) is 0 Å². The molecule has 0 amide bonds. The summed E-state index contributed by atoms with van der Waals surface area (Å²) < 4.78 is 8.42. The standard InChI is InChI=1S/C14H13ClN4O2/c1-2-21-14(20)10-5-6-18(7-10)9-12-16-13-4-3-11(15)8-19(13)17-12/h3-8H,2,9H2,1H3. The molecule has 0 aromatic carbocycles. The Morgan fingerprint density at radius 3 is 3.00 bits per heavy atom. The summed E-state index contributed by atoms with van der Waals surface area (Å²) in [5.74, 6) is 0.314. The van der Waals surface area contributed by atoms with Crippen LogP contribution in [0.2, 0.25) is 5.02 Å². The van der Waals surface area contributed by atoms with Gasteiger partial charge in [-0.1, -0.05) is 11.6 Å². The van der Waals surface area contributed by atoms with E-state index in [0.717, 1.165) is 5.65 Å². The number of esters is 1. The van der Waals surface area contributed by atoms with E-state index in [0.29, 0.717) is 29.6 Å². The van der Waals surface area contributed by atoms with Gasteiger partial charge in [0.1, 0.15) is 0 Å². The number of rotatable bonds is 4. The molecule has 3 heterocycles. The Labute approximate surface area is 125 Å². The molecule has 0 saturated carbocycles. The van der Waals surface area contributed by atoms with Crippen molar-refractivity contribution >= 4 is 23.2 Å². The zero-order valence-electron chi connectivity index (χ0n) is 11.4. The molecule has 0 atom stereocenters. The molecule has 0 aliphatic rings. The quantitative estimate of drug-likeness (QED) is 0.694. The van der Waals surface area contributed by atoms with E-state index >= 15 is 0 Å². The monoisotopic (exact) mass is 304 g/mol. The van der Waals surface area contributed by atoms with Crippen molar-refractivity contribution in [3.8, 4) is 0 Å². The summed E-state index contributed by atoms with van der Waals surface area (Å²) in [5, 5.41) is 4.94. The lowest BCUT2D eigenvalue weighted by atomic mass is 10.3. The van der Waals surface area contributed by atoms with E-state index in [1.165, 1.54) is 0 Å². The van der Waals surface area contributed by atoms with Crippen molar-refractivity contribution in [1.82, 2.24) is 19.2 Å². The molecule has 3 aromatic heterocycles. The number of nitrogens with zero attached hydrogens (tertiary/aromatic N) is 4. The van der Waals surface area contributed by atoms with Crippen molar-refractivity contribution in [1.29, 1.82) is 0 Å². The van der Waals surface area contributed by atoms with Gasteiger partial charge < -0.3 is 9.30 Å². The van der Waals surface area contributed by atoms with Crippen molar-refractivity contribution < 1.29 is 9.53 Å². The van der Waals surface area contributed by atoms with E-state index in [2.05, 4.69) is 10.1 Å². The molecule has 0 aliphatic heterocycles. The summed E-state index contributed by atoms with van der Waals surface area (Å²) in [6.45, 7) is 2.61. The van der Waals surface area contributed by atoms with Gasteiger partial charge in [0, 0.05) is 18.6 Å². The zero-order valence-corrected chi connectivity index (χ0v) is 12.1. The average molecular weight is 305 g/mol. The normalized spacial score (nSPS) is 11.0. The Morgan fingerprint density at radius 1 is 1.33 bits per heavy atom. The molecule has 3 rings (SSSR count). The molecule has 0 N–H and O–H groups in total. The van der Waals surface area contributed by atoms with E-state index in [1.807, 2.05) is 4.57 Å². The third-order valence-electron chi connectivity index (χ3n) is 2.92. The molecule has 21 heavy (non-hydrogen) atoms. The van der Waals surface area contributed by atoms with E-state index < -0.39 is 0 Å². The van der Waals surface area contributed by atoms with Crippen molar-refractivity contribution in [2.75, 3.05) is 6.61 Å². The van der Waals surface area contributed by atoms with Gasteiger partial charge in [-0.3, -0.25) is 0 Å². The number of pyridine rings is 1. The first kappa shape index (κ1) is 13.6. The molecule has 0 fully saturated rings. The van der Waals surface area contributed by atoms with Crippen molar-refractivity contribution in [3.05, 3.63) is 53.2 Å². The minimum absolute atomic E-state index is 0.328. The lowest BCUT2D eigenvalue weighted by Gasteiger charge is -1.98. The predicted molar refractivity (Wildman–Crippen MR) is 77.5 cm³/mol. The summed E-state index contributed by atoms with van der Waals surface area (Å²) in [6.07, 6.45) is 5.22. The van der Waals surface area contributed by atoms with Crippen LogP contribution in [0.15, 0.2) is 36.8 Å². The number of carbonyl (C=O) groups is 1. The van der Waals surface area contributed by atoms with Gasteiger partial charge in [0.15, 0.2) is 11.5 Å². The maximum atomic E-state index is 11.6. The van der Waals surface area contributed by atoms with Crippen molar-refractivity contribution in [2.45, 2.75) is 13.5 Å². The first-order valence-corrected chi connectivity index (χ1v) is 6.87. The van der Waals surface area contributed by atoms with E-state index in [9.17, 15) is 4.79 Å². The molecule has 0 aliphatic carbocycles. The first-order chi connectivity index (χ1) is 10.2. The number of hydrogen-bond acceptors (Lipinski definition) is 4. The SMILES string of the molecule is CCOC(=O)c1ccn(Cc2nc3ccc(Cl)cn3n2)c1. The lowest BCUT2D eigenvalue weighted by Crippen LogP contribution is -2.04. The summed E-state index contributed by atoms with van der Waals surface area (Å²) in [4.78, 5) is 16.0. The Kier molecular flexibility index (Phi) is 3.62. The fourth-order valence-corrected chi connectivity index (χ4v) is 2.16. The second-order valence-electron chi connectivity index (χ2n) is 4.47. The van der Waals surface area contributed by atoms with Crippen LogP contribution in [-0.4, -0.2) is 31.7 Å². The minimum atomic E-state index is -0.328. The van der Waals surface area contributed by atoms with Gasteiger partial charge in [0.2, 0.25) is 0 Å². The third-order valence-corrected chi connectivity index (χ3v) is 3.15. The van der Waals surface area contributed by atoms with Gasteiger partial charge in [-0.15, -0.1) is 5.10 Å². The molecular formula is C14H13ClN4O2. The van der Waals surface area contributed by atoms with Gasteiger partial charge in [-0.25, -0.2) is 14.3 Å². The largest absolute Gasteiger partial charge is 0.462 e. The van der Waals surface area contributed by atoms with Gasteiger partial charge >= 0.3 is 5.97 Å². The predicted octanol–water partition coefficient (Wildman–Crippen LogP) is 2.41. The van der Waals surface area contributed by atoms with Gasteiger partial charge in [-0.2, -0.15) is 0 Å². The molecule has 0 bridgehead atoms. The number of halogens is 1. The summed E-state index contributed by atoms with van der Waals surface area (Å²) in [7, 11) is 0. The number of hydrogen-bond donors (Lipinski definition) is 0. The molecule has 0 spiro atoms. The Hall–Kier alpha value is -2.34. The molecule has 0 radical (unpaired) electrons. The fraction of sp³-hybridized carbons (Fsp3) is 0.214. The highest BCUT2D eigenvalue weighted by molar-refractivity contribution is 6.30. The zero-order chi connectivity index (χ0) is 14.8. The molecule has 6 nitrogen and oxygen atoms in total. The second-order valence-corrected chi connectivity index (χ2v) is 4.91. The lowest BCUT2D eigenvalue weighted by molar-refractivity contribution is 0.0526. The van der Waals surface area contributed by atoms with Crippen molar-refractivity contribution in [3.63, 3.8) is 0 Å². The van der Waals surface area contributed by atoms with E-state index in [4.69, 9.17) is 16.3 Å². The molecule has 3 aromatic rings. The smallest absolute Gasteiger partial charge is 0.339 e. The van der Waals surface area contributed by atoms with Crippen LogP contribution in [0.3, 0.4) is 0 Å². The summed E-state index contributed by atoms with van der Waals surface area (Å²) in [5.41, 5.74) is 1.25. The Balaban J connectivity index is 1.80. The summed E-state index contributed by atoms with van der Waals surface area (Å²) >= 11 is 5.91. The first-order valence-electron chi connectivity index (χ1n) is 6.49. The maximum absolute atomic E-state index is 11.6. The topological polar surface area (TPSA) is 61.4 Å². The minimum Gasteiger partial charge on any atom is -0.462 e. The molecule has 108 valence electrons. The highest BCUT2D eigenvalue weighted by atomic mass is 35.5. The average Bonchev–Trinajstić information content (AvgIpc) is 3.05. The molecule has 7 heteroatoms. The van der Waals surface area contributed by atoms with Crippen LogP contribution in [0, 0.1) is 0 Å². The molecule has 0 saturated heterocycles. The van der Waals surface area contributed by atoms with Crippen LogP contribution in [-0.2, 0) is 11.3 Å². The van der Waals surface area contributed by atoms with E-state index in [-0.39, 0.29) is 5.97 Å². The third kappa shape index (κ3) is 2.90. The van der Waals surface area contributed by atoms with Crippen molar-refractivity contribution in [2.24, 2.45) is 0 Å². The van der Waals surface area contributed by atoms with Crippen LogP contribution in [0.1, 0.15) is 23.1 Å². The van der Waals surface area contributed by atoms with Crippen LogP contribution in [0.5, 0.6) is 0 Å². The van der Waals surface area contributed by atoms with Crippen LogP contribution in [0.4, 0.5) is 0 Å². The second kappa shape index (κ2) is 5.57. The Morgan fingerprint density at radius 2 is 2.19 bits per heavy atom. The highest BCUT2D eigenvalue weighted by Gasteiger charge is 2.10. The van der Waals surface area contributed by atoms with Crippen LogP contribution >= 0.6 is 11.6 Å². The van der Waals surface area contributed by atoms with Gasteiger partial charge in [-0.05, 0) is 25.1 Å². The number of carbonyl (C=O) groups excluding carboxylic acids is 1. The fourth-order valence-electron chi connectivity index (χ4n) is 2.01. The molecule has 0 unspecified atom stereocenters. The van der Waals surface area contributed by atoms with Crippen LogP contribution < -0.4 is 0 Å². The van der Waals surface area contributed by atoms with Crippen LogP contribution in [0.25, 0.3) is 5.65 Å². The van der Waals surface area contributed by atoms with E-state index in [1.54, 1.807) is 48.2 Å². The maximum Gasteiger partial charge on any atom is 0.339 e. The number of ether oxygens (including phenoxy) is 1. The molecular weight excluding hydrogens is 292 g/mol. The van der Waals surface area contributed by atoms with Gasteiger partial charge in [0.05, 0.1) is 23.7 Å². The highest BCUT2D eigenvalue weighted by Crippen LogP contribution is 2.11. The summed E-state index contributed by atoms with van der Waals surface area (Å²) in [6, 6.07) is 5.28. The number of fused-ring (bicyclic) bond motifs is 1. The Bertz CT molecular complexity index is 793. The number of aromatic nitrogens is 4.